The Morgan fingerprint density at radius 3 is 2.62 bits per heavy atom. The molecule has 24 heavy (non-hydrogen) atoms. The third-order valence-corrected chi connectivity index (χ3v) is 3.70. The second-order valence-electron chi connectivity index (χ2n) is 5.37. The summed E-state index contributed by atoms with van der Waals surface area (Å²) in [6.07, 6.45) is -4.62. The molecule has 2 N–H and O–H groups in total. The van der Waals surface area contributed by atoms with Gasteiger partial charge in [-0.2, -0.15) is 13.2 Å². The number of hydrogen-bond donors (Lipinski definition) is 2. The number of nitrogens with zero attached hydrogens (tertiary/aromatic N) is 1. The van der Waals surface area contributed by atoms with Gasteiger partial charge in [-0.3, -0.25) is 9.59 Å². The van der Waals surface area contributed by atoms with Crippen molar-refractivity contribution in [2.45, 2.75) is 19.1 Å². The molecular weight excluding hydrogens is 347 g/mol. The molecule has 1 atom stereocenters. The molecule has 1 aliphatic rings. The molecule has 1 saturated heterocycles. The van der Waals surface area contributed by atoms with Crippen LogP contribution in [0, 0.1) is 0 Å². The summed E-state index contributed by atoms with van der Waals surface area (Å²) in [5, 5.41) is 5.41. The van der Waals surface area contributed by atoms with Gasteiger partial charge in [0.1, 0.15) is 0 Å². The molecule has 0 saturated carbocycles. The molecule has 1 heterocycles. The zero-order chi connectivity index (χ0) is 17.0. The smallest absolute Gasteiger partial charge is 0.343 e. The fraction of sp³-hybridized carbons (Fsp3) is 0.467. The van der Waals surface area contributed by atoms with Crippen molar-refractivity contribution in [2.24, 2.45) is 0 Å². The number of hydrogen-bond acceptors (Lipinski definition) is 3. The third-order valence-electron chi connectivity index (χ3n) is 3.70. The largest absolute Gasteiger partial charge is 0.417 e. The maximum atomic E-state index is 12.9. The van der Waals surface area contributed by atoms with E-state index >= 15 is 0 Å². The molecule has 1 aliphatic heterocycles. The first-order valence-corrected chi connectivity index (χ1v) is 7.25. The lowest BCUT2D eigenvalue weighted by Crippen LogP contribution is -2.54. The molecule has 1 fully saturated rings. The number of piperazine rings is 1. The van der Waals surface area contributed by atoms with Crippen LogP contribution in [0.15, 0.2) is 24.3 Å². The van der Waals surface area contributed by atoms with Crippen molar-refractivity contribution >= 4 is 24.2 Å². The molecule has 9 heteroatoms. The van der Waals surface area contributed by atoms with Crippen molar-refractivity contribution in [1.29, 1.82) is 0 Å². The highest BCUT2D eigenvalue weighted by molar-refractivity contribution is 5.97. The van der Waals surface area contributed by atoms with Crippen LogP contribution >= 0.6 is 12.4 Å². The molecule has 2 rings (SSSR count). The highest BCUT2D eigenvalue weighted by Gasteiger charge is 2.35. The van der Waals surface area contributed by atoms with Gasteiger partial charge in [0.05, 0.1) is 17.7 Å². The van der Waals surface area contributed by atoms with Gasteiger partial charge < -0.3 is 15.5 Å². The topological polar surface area (TPSA) is 61.4 Å². The Kier molecular flexibility index (Phi) is 7.04. The highest BCUT2D eigenvalue weighted by atomic mass is 35.5. The van der Waals surface area contributed by atoms with Crippen molar-refractivity contribution < 1.29 is 22.8 Å². The Bertz CT molecular complexity index is 596. The van der Waals surface area contributed by atoms with Crippen molar-refractivity contribution in [2.75, 3.05) is 26.2 Å². The second-order valence-corrected chi connectivity index (χ2v) is 5.37. The number of amides is 2. The monoisotopic (exact) mass is 365 g/mol. The zero-order valence-electron chi connectivity index (χ0n) is 13.0. The summed E-state index contributed by atoms with van der Waals surface area (Å²) in [6, 6.07) is 4.48. The third kappa shape index (κ3) is 4.85. The van der Waals surface area contributed by atoms with Crippen LogP contribution < -0.4 is 10.6 Å². The van der Waals surface area contributed by atoms with Crippen LogP contribution in [0.4, 0.5) is 13.2 Å². The van der Waals surface area contributed by atoms with Gasteiger partial charge in [0.15, 0.2) is 0 Å². The van der Waals surface area contributed by atoms with Crippen molar-refractivity contribution in [3.63, 3.8) is 0 Å². The normalized spacial score (nSPS) is 17.8. The van der Waals surface area contributed by atoms with Gasteiger partial charge in [0, 0.05) is 25.7 Å². The summed E-state index contributed by atoms with van der Waals surface area (Å²) in [4.78, 5) is 25.7. The number of rotatable bonds is 3. The first kappa shape index (κ1) is 20.2. The van der Waals surface area contributed by atoms with Crippen LogP contribution in [-0.2, 0) is 11.0 Å². The lowest BCUT2D eigenvalue weighted by atomic mass is 10.1. The molecule has 1 unspecified atom stereocenters. The molecular formula is C15H19ClF3N3O2. The fourth-order valence-corrected chi connectivity index (χ4v) is 2.49. The van der Waals surface area contributed by atoms with Gasteiger partial charge >= 0.3 is 6.18 Å². The van der Waals surface area contributed by atoms with E-state index in [0.717, 1.165) is 12.1 Å². The molecule has 0 aromatic heterocycles. The summed E-state index contributed by atoms with van der Waals surface area (Å²) in [5.74, 6) is -1.22. The molecule has 0 bridgehead atoms. The van der Waals surface area contributed by atoms with Crippen molar-refractivity contribution in [3.8, 4) is 0 Å². The van der Waals surface area contributed by atoms with Gasteiger partial charge in [-0.15, -0.1) is 12.4 Å². The standard InChI is InChI=1S/C15H18F3N3O2.ClH/c1-10-8-19-6-7-21(10)13(22)9-20-14(23)11-4-2-3-5-12(11)15(16,17)18;/h2-5,10,19H,6-9H2,1H3,(H,20,23);1H. The van der Waals surface area contributed by atoms with E-state index < -0.39 is 23.2 Å². The van der Waals surface area contributed by atoms with Gasteiger partial charge in [0.25, 0.3) is 5.91 Å². The van der Waals surface area contributed by atoms with Gasteiger partial charge in [-0.25, -0.2) is 0 Å². The molecule has 0 spiro atoms. The zero-order valence-corrected chi connectivity index (χ0v) is 13.8. The van der Waals surface area contributed by atoms with E-state index in [2.05, 4.69) is 10.6 Å². The number of carbonyl (C=O) groups is 2. The summed E-state index contributed by atoms with van der Waals surface area (Å²) in [7, 11) is 0. The minimum absolute atomic E-state index is 0. The van der Waals surface area contributed by atoms with Crippen molar-refractivity contribution in [1.82, 2.24) is 15.5 Å². The SMILES string of the molecule is CC1CNCCN1C(=O)CNC(=O)c1ccccc1C(F)(F)F.Cl. The maximum absolute atomic E-state index is 12.9. The first-order chi connectivity index (χ1) is 10.8. The first-order valence-electron chi connectivity index (χ1n) is 7.25. The average Bonchev–Trinajstić information content (AvgIpc) is 2.52. The molecule has 2 amide bonds. The van der Waals surface area contributed by atoms with Gasteiger partial charge in [-0.1, -0.05) is 12.1 Å². The van der Waals surface area contributed by atoms with E-state index in [1.807, 2.05) is 6.92 Å². The molecule has 1 aromatic carbocycles. The van der Waals surface area contributed by atoms with Crippen LogP contribution in [0.3, 0.4) is 0 Å². The molecule has 0 aliphatic carbocycles. The van der Waals surface area contributed by atoms with Crippen LogP contribution in [0.25, 0.3) is 0 Å². The lowest BCUT2D eigenvalue weighted by Gasteiger charge is -2.34. The van der Waals surface area contributed by atoms with Crippen LogP contribution in [0.5, 0.6) is 0 Å². The number of nitrogens with one attached hydrogen (secondary N) is 2. The number of benzene rings is 1. The summed E-state index contributed by atoms with van der Waals surface area (Å²) < 4.78 is 38.7. The molecule has 0 radical (unpaired) electrons. The Morgan fingerprint density at radius 1 is 1.33 bits per heavy atom. The summed E-state index contributed by atoms with van der Waals surface area (Å²) >= 11 is 0. The fourth-order valence-electron chi connectivity index (χ4n) is 2.49. The summed E-state index contributed by atoms with van der Waals surface area (Å²) in [5.41, 5.74) is -1.50. The minimum Gasteiger partial charge on any atom is -0.343 e. The Hall–Kier alpha value is -1.80. The minimum atomic E-state index is -4.62. The average molecular weight is 366 g/mol. The predicted molar refractivity (Wildman–Crippen MR) is 85.1 cm³/mol. The highest BCUT2D eigenvalue weighted by Crippen LogP contribution is 2.31. The van der Waals surface area contributed by atoms with E-state index in [1.54, 1.807) is 4.90 Å². The summed E-state index contributed by atoms with van der Waals surface area (Å²) in [6.45, 7) is 3.35. The van der Waals surface area contributed by atoms with E-state index in [9.17, 15) is 22.8 Å². The quantitative estimate of drug-likeness (QED) is 0.856. The van der Waals surface area contributed by atoms with Gasteiger partial charge in [0.2, 0.25) is 5.91 Å². The van der Waals surface area contributed by atoms with E-state index in [1.165, 1.54) is 12.1 Å². The van der Waals surface area contributed by atoms with Crippen LogP contribution in [0.1, 0.15) is 22.8 Å². The Balaban J connectivity index is 0.00000288. The number of alkyl halides is 3. The number of carbonyl (C=O) groups excluding carboxylic acids is 2. The van der Waals surface area contributed by atoms with Gasteiger partial charge in [-0.05, 0) is 19.1 Å². The van der Waals surface area contributed by atoms with E-state index in [4.69, 9.17) is 0 Å². The Labute approximate surface area is 144 Å². The lowest BCUT2D eigenvalue weighted by molar-refractivity contribution is -0.137. The second kappa shape index (κ2) is 8.34. The molecule has 134 valence electrons. The van der Waals surface area contributed by atoms with E-state index in [0.29, 0.717) is 19.6 Å². The van der Waals surface area contributed by atoms with Crippen LogP contribution in [0.2, 0.25) is 0 Å². The van der Waals surface area contributed by atoms with Crippen molar-refractivity contribution in [3.05, 3.63) is 35.4 Å². The van der Waals surface area contributed by atoms with E-state index in [-0.39, 0.29) is 30.9 Å². The van der Waals surface area contributed by atoms with Crippen LogP contribution in [-0.4, -0.2) is 48.9 Å². The maximum Gasteiger partial charge on any atom is 0.417 e. The molecule has 1 aromatic rings. The predicted octanol–water partition coefficient (Wildman–Crippen LogP) is 1.68. The number of halogens is 4. The Morgan fingerprint density at radius 2 is 2.00 bits per heavy atom. The molecule has 5 nitrogen and oxygen atoms in total.